The van der Waals surface area contributed by atoms with Gasteiger partial charge in [0.1, 0.15) is 0 Å². The first-order valence-corrected chi connectivity index (χ1v) is 7.92. The molecular weight excluding hydrogens is 262 g/mol. The number of carbonyl (C=O) groups is 1. The van der Waals surface area contributed by atoms with Crippen LogP contribution in [0.2, 0.25) is 0 Å². The predicted molar refractivity (Wildman–Crippen MR) is 89.2 cm³/mol. The second kappa shape index (κ2) is 8.06. The number of aryl methyl sites for hydroxylation is 3. The summed E-state index contributed by atoms with van der Waals surface area (Å²) >= 11 is 0. The Morgan fingerprint density at radius 1 is 1.19 bits per heavy atom. The van der Waals surface area contributed by atoms with Crippen LogP contribution in [0.25, 0.3) is 0 Å². The molecule has 1 aromatic carbocycles. The number of nitrogens with zero attached hydrogens (tertiary/aromatic N) is 1. The molecule has 1 unspecified atom stereocenters. The van der Waals surface area contributed by atoms with E-state index in [9.17, 15) is 9.90 Å². The topological polar surface area (TPSA) is 40.5 Å². The fourth-order valence-corrected chi connectivity index (χ4v) is 2.93. The molecule has 0 radical (unpaired) electrons. The van der Waals surface area contributed by atoms with Gasteiger partial charge in [-0.05, 0) is 38.3 Å². The third kappa shape index (κ3) is 5.07. The van der Waals surface area contributed by atoms with Crippen LogP contribution in [0.4, 0.5) is 5.69 Å². The number of aliphatic carboxylic acids is 1. The zero-order valence-electron chi connectivity index (χ0n) is 14.1. The van der Waals surface area contributed by atoms with Gasteiger partial charge >= 0.3 is 5.97 Å². The molecule has 0 amide bonds. The molecule has 0 heterocycles. The summed E-state index contributed by atoms with van der Waals surface area (Å²) in [4.78, 5) is 13.5. The van der Waals surface area contributed by atoms with Crippen LogP contribution < -0.4 is 4.90 Å². The van der Waals surface area contributed by atoms with Crippen LogP contribution in [-0.2, 0) is 4.79 Å². The molecule has 1 atom stereocenters. The first kappa shape index (κ1) is 17.5. The Morgan fingerprint density at radius 3 is 2.24 bits per heavy atom. The third-order valence-corrected chi connectivity index (χ3v) is 3.90. The summed E-state index contributed by atoms with van der Waals surface area (Å²) in [7, 11) is 0. The lowest BCUT2D eigenvalue weighted by Crippen LogP contribution is -2.33. The molecule has 0 bridgehead atoms. The highest BCUT2D eigenvalue weighted by molar-refractivity contribution is 5.71. The first-order valence-electron chi connectivity index (χ1n) is 7.92. The second-order valence-corrected chi connectivity index (χ2v) is 6.14. The van der Waals surface area contributed by atoms with Crippen LogP contribution in [0.15, 0.2) is 12.1 Å². The maximum atomic E-state index is 11.2. The number of carboxylic acids is 1. The SMILES string of the molecule is CCCCCN(CC(C)C(=O)O)c1c(C)cc(C)cc1C. The van der Waals surface area contributed by atoms with Crippen molar-refractivity contribution >= 4 is 11.7 Å². The predicted octanol–water partition coefficient (Wildman–Crippen LogP) is 4.33. The van der Waals surface area contributed by atoms with Gasteiger partial charge in [-0.3, -0.25) is 4.79 Å². The highest BCUT2D eigenvalue weighted by Crippen LogP contribution is 2.27. The van der Waals surface area contributed by atoms with Crippen molar-refractivity contribution in [2.24, 2.45) is 5.92 Å². The van der Waals surface area contributed by atoms with Gasteiger partial charge in [-0.2, -0.15) is 0 Å². The molecule has 0 aliphatic heterocycles. The second-order valence-electron chi connectivity index (χ2n) is 6.14. The number of carboxylic acid groups (broad SMARTS) is 1. The van der Waals surface area contributed by atoms with Gasteiger partial charge in [0.25, 0.3) is 0 Å². The summed E-state index contributed by atoms with van der Waals surface area (Å²) in [6.07, 6.45) is 3.46. The Kier molecular flexibility index (Phi) is 6.73. The van der Waals surface area contributed by atoms with Crippen LogP contribution >= 0.6 is 0 Å². The van der Waals surface area contributed by atoms with E-state index in [0.717, 1.165) is 13.0 Å². The largest absolute Gasteiger partial charge is 0.481 e. The van der Waals surface area contributed by atoms with E-state index in [1.165, 1.54) is 35.2 Å². The summed E-state index contributed by atoms with van der Waals surface area (Å²) in [6.45, 7) is 11.8. The third-order valence-electron chi connectivity index (χ3n) is 3.90. The first-order chi connectivity index (χ1) is 9.86. The highest BCUT2D eigenvalue weighted by Gasteiger charge is 2.19. The molecule has 1 rings (SSSR count). The average Bonchev–Trinajstić information content (AvgIpc) is 2.37. The summed E-state index contributed by atoms with van der Waals surface area (Å²) in [5, 5.41) is 9.21. The average molecular weight is 291 g/mol. The number of anilines is 1. The van der Waals surface area contributed by atoms with Crippen molar-refractivity contribution in [2.45, 2.75) is 53.9 Å². The Hall–Kier alpha value is -1.51. The maximum absolute atomic E-state index is 11.2. The molecule has 1 N–H and O–H groups in total. The Balaban J connectivity index is 3.02. The molecule has 0 fully saturated rings. The molecular formula is C18H29NO2. The fourth-order valence-electron chi connectivity index (χ4n) is 2.93. The van der Waals surface area contributed by atoms with Gasteiger partial charge in [-0.15, -0.1) is 0 Å². The van der Waals surface area contributed by atoms with Crippen molar-refractivity contribution in [3.8, 4) is 0 Å². The van der Waals surface area contributed by atoms with Gasteiger partial charge in [-0.25, -0.2) is 0 Å². The van der Waals surface area contributed by atoms with E-state index < -0.39 is 5.97 Å². The van der Waals surface area contributed by atoms with Crippen molar-refractivity contribution in [1.82, 2.24) is 0 Å². The van der Waals surface area contributed by atoms with E-state index in [0.29, 0.717) is 6.54 Å². The van der Waals surface area contributed by atoms with Gasteiger partial charge in [-0.1, -0.05) is 44.4 Å². The molecule has 0 aliphatic rings. The van der Waals surface area contributed by atoms with Crippen LogP contribution in [-0.4, -0.2) is 24.2 Å². The zero-order chi connectivity index (χ0) is 16.0. The summed E-state index contributed by atoms with van der Waals surface area (Å²) < 4.78 is 0. The maximum Gasteiger partial charge on any atom is 0.308 e. The van der Waals surface area contributed by atoms with Gasteiger partial charge in [0.2, 0.25) is 0 Å². The van der Waals surface area contributed by atoms with Crippen LogP contribution in [0.5, 0.6) is 0 Å². The Bertz CT molecular complexity index is 459. The molecule has 0 aliphatic carbocycles. The molecule has 1 aromatic rings. The molecule has 0 saturated heterocycles. The summed E-state index contributed by atoms with van der Waals surface area (Å²) in [5.74, 6) is -1.08. The number of unbranched alkanes of at least 4 members (excludes halogenated alkanes) is 2. The van der Waals surface area contributed by atoms with Crippen molar-refractivity contribution in [1.29, 1.82) is 0 Å². The summed E-state index contributed by atoms with van der Waals surface area (Å²) in [6, 6.07) is 4.36. The summed E-state index contributed by atoms with van der Waals surface area (Å²) in [5.41, 5.74) is 4.95. The zero-order valence-corrected chi connectivity index (χ0v) is 14.1. The highest BCUT2D eigenvalue weighted by atomic mass is 16.4. The number of hydrogen-bond donors (Lipinski definition) is 1. The van der Waals surface area contributed by atoms with Crippen molar-refractivity contribution in [2.75, 3.05) is 18.0 Å². The van der Waals surface area contributed by atoms with E-state index in [1.54, 1.807) is 6.92 Å². The van der Waals surface area contributed by atoms with Gasteiger partial charge in [0, 0.05) is 18.8 Å². The fraction of sp³-hybridized carbons (Fsp3) is 0.611. The van der Waals surface area contributed by atoms with Crippen LogP contribution in [0, 0.1) is 26.7 Å². The lowest BCUT2D eigenvalue weighted by atomic mass is 10.0. The molecule has 0 spiro atoms. The molecule has 0 saturated carbocycles. The van der Waals surface area contributed by atoms with Crippen LogP contribution in [0.1, 0.15) is 49.8 Å². The molecule has 3 nitrogen and oxygen atoms in total. The molecule has 118 valence electrons. The number of benzene rings is 1. The number of hydrogen-bond acceptors (Lipinski definition) is 2. The normalized spacial score (nSPS) is 12.2. The van der Waals surface area contributed by atoms with Crippen LogP contribution in [0.3, 0.4) is 0 Å². The van der Waals surface area contributed by atoms with E-state index in [1.807, 2.05) is 0 Å². The van der Waals surface area contributed by atoms with Gasteiger partial charge in [0.15, 0.2) is 0 Å². The van der Waals surface area contributed by atoms with Gasteiger partial charge < -0.3 is 10.0 Å². The smallest absolute Gasteiger partial charge is 0.308 e. The van der Waals surface area contributed by atoms with Crippen molar-refractivity contribution in [3.05, 3.63) is 28.8 Å². The van der Waals surface area contributed by atoms with E-state index in [-0.39, 0.29) is 5.92 Å². The Labute approximate surface area is 129 Å². The van der Waals surface area contributed by atoms with Crippen molar-refractivity contribution < 1.29 is 9.90 Å². The van der Waals surface area contributed by atoms with Crippen molar-refractivity contribution in [3.63, 3.8) is 0 Å². The minimum atomic E-state index is -0.724. The minimum Gasteiger partial charge on any atom is -0.481 e. The number of rotatable bonds is 8. The van der Waals surface area contributed by atoms with E-state index >= 15 is 0 Å². The van der Waals surface area contributed by atoms with Gasteiger partial charge in [0.05, 0.1) is 5.92 Å². The van der Waals surface area contributed by atoms with E-state index in [2.05, 4.69) is 44.7 Å². The lowest BCUT2D eigenvalue weighted by Gasteiger charge is -2.30. The van der Waals surface area contributed by atoms with E-state index in [4.69, 9.17) is 0 Å². The standard InChI is InChI=1S/C18H29NO2/c1-6-7-8-9-19(12-16(5)18(20)21)17-14(3)10-13(2)11-15(17)4/h10-11,16H,6-9,12H2,1-5H3,(H,20,21). The quantitative estimate of drug-likeness (QED) is 0.725. The molecule has 3 heteroatoms. The molecule has 0 aromatic heterocycles. The monoisotopic (exact) mass is 291 g/mol. The lowest BCUT2D eigenvalue weighted by molar-refractivity contribution is -0.140. The minimum absolute atomic E-state index is 0.355. The molecule has 21 heavy (non-hydrogen) atoms. The Morgan fingerprint density at radius 2 is 1.76 bits per heavy atom.